The van der Waals surface area contributed by atoms with Crippen molar-refractivity contribution < 1.29 is 154 Å². The Kier molecular flexibility index (Phi) is 59.0. The minimum atomic E-state index is -2.07. The summed E-state index contributed by atoms with van der Waals surface area (Å²) in [6.07, 6.45) is -5.09. The Morgan fingerprint density at radius 2 is 1.17 bits per heavy atom. The van der Waals surface area contributed by atoms with E-state index in [0.717, 1.165) is 35.5 Å². The van der Waals surface area contributed by atoms with Gasteiger partial charge in [-0.1, -0.05) is 96.9 Å². The Morgan fingerprint density at radius 3 is 1.68 bits per heavy atom. The molecule has 14 atom stereocenters. The van der Waals surface area contributed by atoms with Crippen LogP contribution < -0.4 is 36.6 Å². The van der Waals surface area contributed by atoms with Gasteiger partial charge in [0.05, 0.1) is 184 Å². The Balaban J connectivity index is 1.13. The van der Waals surface area contributed by atoms with Crippen molar-refractivity contribution in [3.63, 3.8) is 0 Å². The molecule has 0 saturated carbocycles. The van der Waals surface area contributed by atoms with Gasteiger partial charge in [0, 0.05) is 81.7 Å². The first-order valence-electron chi connectivity index (χ1n) is 47.7. The molecule has 1 fully saturated rings. The number of hydrogen-bond acceptors (Lipinski definition) is 31. The van der Waals surface area contributed by atoms with Crippen molar-refractivity contribution in [3.8, 4) is 5.75 Å². The molecule has 778 valence electrons. The average molecular weight is 1980 g/mol. The molecule has 5 rings (SSSR count). The zero-order chi connectivity index (χ0) is 101. The first-order chi connectivity index (χ1) is 66.2. The van der Waals surface area contributed by atoms with Crippen LogP contribution in [-0.4, -0.2) is 377 Å². The van der Waals surface area contributed by atoms with Gasteiger partial charge in [0.2, 0.25) is 35.8 Å². The van der Waals surface area contributed by atoms with Gasteiger partial charge in [-0.15, -0.1) is 11.3 Å². The normalized spacial score (nSPS) is 17.6. The van der Waals surface area contributed by atoms with Gasteiger partial charge >= 0.3 is 11.9 Å². The number of anilines is 1. The van der Waals surface area contributed by atoms with Crippen LogP contribution >= 0.6 is 11.3 Å². The molecule has 0 bridgehead atoms. The molecular weight excluding hydrogens is 1820 g/mol. The number of unbranched alkanes of at least 4 members (excludes halogenated alkanes) is 3. The third-order valence-corrected chi connectivity index (χ3v) is 23.6. The van der Waals surface area contributed by atoms with E-state index < -0.39 is 133 Å². The average Bonchev–Trinajstić information content (AvgIpc) is 1.08. The van der Waals surface area contributed by atoms with Crippen LogP contribution in [0.25, 0.3) is 0 Å². The molecule has 42 heteroatoms. The lowest BCUT2D eigenvalue weighted by molar-refractivity contribution is -0.915. The Labute approximate surface area is 814 Å². The van der Waals surface area contributed by atoms with Crippen molar-refractivity contribution in [1.82, 2.24) is 41.4 Å². The number of aliphatic hydroxyl groups is 3. The van der Waals surface area contributed by atoms with Crippen LogP contribution in [0.2, 0.25) is 0 Å². The fraction of sp³-hybridized carbons (Fsp3) is 0.688. The number of thiazole rings is 1. The number of carbonyl (C=O) groups is 11. The summed E-state index contributed by atoms with van der Waals surface area (Å²) in [5.41, 5.74) is 2.19. The molecule has 9 amide bonds. The number of carboxylic acids is 2. The number of nitrogens with zero attached hydrogens (tertiary/aromatic N) is 4. The van der Waals surface area contributed by atoms with Gasteiger partial charge in [0.25, 0.3) is 23.6 Å². The van der Waals surface area contributed by atoms with E-state index in [2.05, 4.69) is 38.5 Å². The molecule has 0 spiro atoms. The Bertz CT molecular complexity index is 4120. The monoisotopic (exact) mass is 1970 g/mol. The number of carbonyl (C=O) groups excluding carboxylic acids is 9. The maximum Gasteiger partial charge on any atom is 0.335 e. The number of imide groups is 1. The van der Waals surface area contributed by atoms with Gasteiger partial charge in [-0.3, -0.25) is 52.8 Å². The van der Waals surface area contributed by atoms with Gasteiger partial charge in [0.15, 0.2) is 12.6 Å². The van der Waals surface area contributed by atoms with Crippen molar-refractivity contribution in [2.24, 2.45) is 17.8 Å². The molecular formula is C96H153N10O31S+. The summed E-state index contributed by atoms with van der Waals surface area (Å²) < 4.78 is 83.5. The highest BCUT2D eigenvalue weighted by Gasteiger charge is 2.49. The highest BCUT2D eigenvalue weighted by molar-refractivity contribution is 7.09. The van der Waals surface area contributed by atoms with Crippen molar-refractivity contribution >= 4 is 82.1 Å². The zero-order valence-corrected chi connectivity index (χ0v) is 83.0. The lowest BCUT2D eigenvalue weighted by Crippen LogP contribution is -2.61. The van der Waals surface area contributed by atoms with Crippen LogP contribution in [0.1, 0.15) is 159 Å². The lowest BCUT2D eigenvalue weighted by Gasteiger charge is -2.39. The standard InChI is InChI=1S/C96H152N10O31S/c1-13-15-21-33-106(11,62-81(109)103-84(67(7)14-2)93(118)104(10)76(66(5)6)60-78(135-63-65(3)4)92-102-75(64-138-92)91(117)99-72(57-68(8)94(119)120)58-70-22-17-16-18-23-70)61-71-25-26-77(136-96-87(114)85(112)86(113)88(137-96)95(121)122)74(59-71)100-80(108)29-32-98-90(116)73(101-89(115)69(9)105-82(110)27-28-83(105)111)24-19-20-31-97-79(107)30-34-124-37-38-126-41-42-128-45-46-130-49-50-132-53-54-134-56-55-133-52-51-131-48-47-129-44-43-127-40-39-125-36-35-123-12/h16-18,22-23,25-28,59,64,66-69,72-73,76,78,84-88,96,112-114H,3,13-15,19-21,24,29-58,60-63H2,1-2,4-12H3,(H7-,97,98,99,100,101,103,107,108,109,115,116,117,119,120,121,122)/p+1/t67-,68-,69-,72+,73-,76+,78+,84-,85-,86-,87+,88-,96+,106?/m0/s1. The molecule has 1 unspecified atom stereocenters. The zero-order valence-electron chi connectivity index (χ0n) is 82.2. The van der Waals surface area contributed by atoms with E-state index in [4.69, 9.17) is 76.0 Å². The first kappa shape index (κ1) is 119. The predicted octanol–water partition coefficient (Wildman–Crippen LogP) is 4.49. The van der Waals surface area contributed by atoms with Crippen LogP contribution in [-0.2, 0) is 127 Å². The molecule has 11 N–H and O–H groups in total. The number of carboxylic acid groups (broad SMARTS) is 2. The van der Waals surface area contributed by atoms with Crippen LogP contribution in [0.4, 0.5) is 5.69 Å². The lowest BCUT2D eigenvalue weighted by atomic mass is 9.93. The van der Waals surface area contributed by atoms with Gasteiger partial charge in [-0.05, 0) is 94.4 Å². The van der Waals surface area contributed by atoms with Crippen molar-refractivity contribution in [3.05, 3.63) is 100 Å². The summed E-state index contributed by atoms with van der Waals surface area (Å²) in [5.74, 6) is -9.57. The molecule has 2 aromatic carbocycles. The second kappa shape index (κ2) is 68.2. The Hall–Kier alpha value is -9.00. The fourth-order valence-electron chi connectivity index (χ4n) is 14.7. The number of benzene rings is 2. The van der Waals surface area contributed by atoms with E-state index >= 15 is 4.79 Å². The third-order valence-electron chi connectivity index (χ3n) is 22.7. The van der Waals surface area contributed by atoms with E-state index in [1.165, 1.54) is 30.4 Å². The number of ether oxygens (including phenoxy) is 15. The van der Waals surface area contributed by atoms with Crippen LogP contribution in [0, 0.1) is 17.8 Å². The van der Waals surface area contributed by atoms with E-state index in [-0.39, 0.29) is 130 Å². The topological polar surface area (TPSA) is 519 Å². The second-order valence-electron chi connectivity index (χ2n) is 34.7. The number of amides is 9. The van der Waals surface area contributed by atoms with Crippen LogP contribution in [0.3, 0.4) is 0 Å². The molecule has 0 radical (unpaired) electrons. The summed E-state index contributed by atoms with van der Waals surface area (Å²) in [6, 6.07) is 9.28. The van der Waals surface area contributed by atoms with Crippen LogP contribution in [0.5, 0.6) is 5.75 Å². The molecule has 2 aliphatic heterocycles. The summed E-state index contributed by atoms with van der Waals surface area (Å²) >= 11 is 1.22. The smallest absolute Gasteiger partial charge is 0.335 e. The molecule has 3 heterocycles. The van der Waals surface area contributed by atoms with E-state index in [1.807, 2.05) is 78.9 Å². The maximum absolute atomic E-state index is 15.2. The molecule has 1 saturated heterocycles. The molecule has 3 aromatic rings. The number of aromatic nitrogens is 1. The van der Waals surface area contributed by atoms with Crippen molar-refractivity contribution in [1.29, 1.82) is 0 Å². The third kappa shape index (κ3) is 46.6. The number of hydrogen-bond donors (Lipinski definition) is 11. The molecule has 138 heavy (non-hydrogen) atoms. The van der Waals surface area contributed by atoms with Gasteiger partial charge < -0.3 is 138 Å². The second-order valence-corrected chi connectivity index (χ2v) is 35.6. The highest BCUT2D eigenvalue weighted by atomic mass is 32.1. The molecule has 2 aliphatic rings. The van der Waals surface area contributed by atoms with E-state index in [9.17, 15) is 73.5 Å². The summed E-state index contributed by atoms with van der Waals surface area (Å²) in [5, 5.41) is 71.3. The van der Waals surface area contributed by atoms with E-state index in [0.29, 0.717) is 181 Å². The number of rotatable bonds is 79. The predicted molar refractivity (Wildman–Crippen MR) is 507 cm³/mol. The number of aliphatic carboxylic acids is 2. The maximum atomic E-state index is 15.2. The van der Waals surface area contributed by atoms with E-state index in [1.54, 1.807) is 37.4 Å². The van der Waals surface area contributed by atoms with Crippen molar-refractivity contribution in [2.75, 3.05) is 211 Å². The first-order valence-corrected chi connectivity index (χ1v) is 48.5. The fourth-order valence-corrected chi connectivity index (χ4v) is 15.5. The Morgan fingerprint density at radius 1 is 0.616 bits per heavy atom. The summed E-state index contributed by atoms with van der Waals surface area (Å²) in [6.45, 7) is 28.3. The van der Waals surface area contributed by atoms with Gasteiger partial charge in [-0.2, -0.15) is 0 Å². The number of methoxy groups -OCH3 is 1. The number of aliphatic hydroxyl groups excluding tert-OH is 3. The van der Waals surface area contributed by atoms with Gasteiger partial charge in [0.1, 0.15) is 65.5 Å². The molecule has 41 nitrogen and oxygen atoms in total. The van der Waals surface area contributed by atoms with Crippen LogP contribution in [0.15, 0.2) is 78.2 Å². The SMILES string of the molecule is C=C(C)CO[C@H](C[C@H](C(C)C)N(C)C(=O)[C@@H](NC(=O)C[N+](C)(CCCCC)Cc1ccc(O[C@@H]2O[C@H](C(=O)O)[C@@H](O)[C@H](O)[C@H]2O)c(NC(=O)CCNC(=O)[C@H](CCCCNC(=O)CCOCCOCCOCCOCCOCCOCCOCCOCCOCCOCCOCCOC)NC(=O)[C@H](C)N2C(=O)C=CC2=O)c1)[C@@H](C)CC)c1nc(C(=O)N[C@@H](Cc2ccccc2)C[C@H](C)C(=O)O)cs1. The molecule has 0 aliphatic carbocycles. The largest absolute Gasteiger partial charge is 0.481 e. The van der Waals surface area contributed by atoms with Gasteiger partial charge in [-0.25, -0.2) is 9.78 Å². The summed E-state index contributed by atoms with van der Waals surface area (Å²) in [4.78, 5) is 156. The van der Waals surface area contributed by atoms with Crippen molar-refractivity contribution in [2.45, 2.75) is 206 Å². The highest BCUT2D eigenvalue weighted by Crippen LogP contribution is 2.35. The minimum Gasteiger partial charge on any atom is -0.481 e. The summed E-state index contributed by atoms with van der Waals surface area (Å²) in [7, 11) is 5.17. The quantitative estimate of drug-likeness (QED) is 0.0160. The number of likely N-dealkylation sites (N-methyl/N-ethyl adjacent to an activating group) is 2. The molecule has 1 aromatic heterocycles. The number of quaternary nitrogens is 1. The minimum absolute atomic E-state index is 0.000959. The number of nitrogens with one attached hydrogen (secondary N) is 6.